The Kier molecular flexibility index (Phi) is 4.53. The molecule has 0 aromatic heterocycles. The van der Waals surface area contributed by atoms with Crippen LogP contribution >= 0.6 is 0 Å². The molecule has 0 radical (unpaired) electrons. The molecular weight excluding hydrogens is 238 g/mol. The number of methoxy groups -OCH3 is 1. The van der Waals surface area contributed by atoms with E-state index in [9.17, 15) is 14.7 Å². The Bertz CT molecular complexity index is 458. The molecule has 0 bridgehead atoms. The molecule has 1 rings (SSSR count). The van der Waals surface area contributed by atoms with Crippen LogP contribution < -0.4 is 0 Å². The Hall–Kier alpha value is -2.24. The first-order valence-electron chi connectivity index (χ1n) is 5.37. The number of rotatable bonds is 4. The lowest BCUT2D eigenvalue weighted by Gasteiger charge is -2.19. The molecule has 0 aliphatic rings. The standard InChI is InChI=1S/C12H15NO5/c1-3-13(7-11(16)18-2)12(17)8-4-5-9(14)10(15)6-8/h4-6,14-15H,3,7H2,1-2H3. The van der Waals surface area contributed by atoms with E-state index in [2.05, 4.69) is 4.74 Å². The van der Waals surface area contributed by atoms with Gasteiger partial charge in [-0.25, -0.2) is 0 Å². The SMILES string of the molecule is CCN(CC(=O)OC)C(=O)c1ccc(O)c(O)c1. The average molecular weight is 253 g/mol. The fourth-order valence-corrected chi connectivity index (χ4v) is 1.39. The van der Waals surface area contributed by atoms with Gasteiger partial charge in [0, 0.05) is 12.1 Å². The number of esters is 1. The number of nitrogens with zero attached hydrogens (tertiary/aromatic N) is 1. The fraction of sp³-hybridized carbons (Fsp3) is 0.333. The van der Waals surface area contributed by atoms with Gasteiger partial charge < -0.3 is 19.8 Å². The molecule has 0 unspecified atom stereocenters. The minimum absolute atomic E-state index is 0.159. The summed E-state index contributed by atoms with van der Waals surface area (Å²) in [7, 11) is 1.24. The molecule has 0 aliphatic carbocycles. The van der Waals surface area contributed by atoms with Crippen molar-refractivity contribution in [2.45, 2.75) is 6.92 Å². The first-order chi connectivity index (χ1) is 8.49. The second-order valence-electron chi connectivity index (χ2n) is 3.60. The maximum atomic E-state index is 12.0. The highest BCUT2D eigenvalue weighted by molar-refractivity contribution is 5.96. The highest BCUT2D eigenvalue weighted by Gasteiger charge is 2.18. The van der Waals surface area contributed by atoms with Crippen LogP contribution in [0.4, 0.5) is 0 Å². The second-order valence-corrected chi connectivity index (χ2v) is 3.60. The van der Waals surface area contributed by atoms with Gasteiger partial charge in [-0.1, -0.05) is 0 Å². The largest absolute Gasteiger partial charge is 0.504 e. The van der Waals surface area contributed by atoms with Gasteiger partial charge >= 0.3 is 5.97 Å². The predicted molar refractivity (Wildman–Crippen MR) is 63.4 cm³/mol. The number of ether oxygens (including phenoxy) is 1. The Morgan fingerprint density at radius 2 is 1.94 bits per heavy atom. The van der Waals surface area contributed by atoms with E-state index in [1.165, 1.54) is 24.1 Å². The summed E-state index contributed by atoms with van der Waals surface area (Å²) in [6.45, 7) is 1.89. The number of likely N-dealkylation sites (N-methyl/N-ethyl adjacent to an activating group) is 1. The molecule has 0 atom stereocenters. The third kappa shape index (κ3) is 3.13. The number of carbonyl (C=O) groups excluding carboxylic acids is 2. The van der Waals surface area contributed by atoms with E-state index < -0.39 is 11.9 Å². The molecule has 1 amide bonds. The van der Waals surface area contributed by atoms with E-state index in [1.807, 2.05) is 0 Å². The number of amides is 1. The molecule has 0 heterocycles. The van der Waals surface area contributed by atoms with Crippen LogP contribution in [0, 0.1) is 0 Å². The summed E-state index contributed by atoms with van der Waals surface area (Å²) < 4.78 is 4.49. The molecule has 2 N–H and O–H groups in total. The van der Waals surface area contributed by atoms with Gasteiger partial charge in [0.05, 0.1) is 7.11 Å². The smallest absolute Gasteiger partial charge is 0.325 e. The molecule has 0 aliphatic heterocycles. The number of benzene rings is 1. The van der Waals surface area contributed by atoms with Crippen LogP contribution in [-0.4, -0.2) is 47.2 Å². The highest BCUT2D eigenvalue weighted by atomic mass is 16.5. The van der Waals surface area contributed by atoms with E-state index in [-0.39, 0.29) is 23.6 Å². The van der Waals surface area contributed by atoms with Gasteiger partial charge in [-0.2, -0.15) is 0 Å². The van der Waals surface area contributed by atoms with E-state index in [1.54, 1.807) is 6.92 Å². The van der Waals surface area contributed by atoms with Crippen LogP contribution in [0.3, 0.4) is 0 Å². The van der Waals surface area contributed by atoms with Crippen molar-refractivity contribution in [2.75, 3.05) is 20.2 Å². The van der Waals surface area contributed by atoms with Gasteiger partial charge in [0.15, 0.2) is 11.5 Å². The van der Waals surface area contributed by atoms with Crippen molar-refractivity contribution in [3.05, 3.63) is 23.8 Å². The van der Waals surface area contributed by atoms with Gasteiger partial charge in [0.2, 0.25) is 0 Å². The highest BCUT2D eigenvalue weighted by Crippen LogP contribution is 2.25. The van der Waals surface area contributed by atoms with Gasteiger partial charge in [0.25, 0.3) is 5.91 Å². The monoisotopic (exact) mass is 253 g/mol. The van der Waals surface area contributed by atoms with Crippen LogP contribution in [0.2, 0.25) is 0 Å². The fourth-order valence-electron chi connectivity index (χ4n) is 1.39. The number of phenolic OH excluding ortho intramolecular Hbond substituents is 2. The lowest BCUT2D eigenvalue weighted by atomic mass is 10.1. The van der Waals surface area contributed by atoms with Crippen molar-refractivity contribution in [3.63, 3.8) is 0 Å². The van der Waals surface area contributed by atoms with Gasteiger partial charge in [-0.05, 0) is 25.1 Å². The van der Waals surface area contributed by atoms with E-state index >= 15 is 0 Å². The summed E-state index contributed by atoms with van der Waals surface area (Å²) >= 11 is 0. The Balaban J connectivity index is 2.89. The van der Waals surface area contributed by atoms with E-state index in [4.69, 9.17) is 5.11 Å². The minimum atomic E-state index is -0.520. The molecule has 0 saturated carbocycles. The molecule has 0 saturated heterocycles. The zero-order valence-corrected chi connectivity index (χ0v) is 10.2. The van der Waals surface area contributed by atoms with Crippen LogP contribution in [-0.2, 0) is 9.53 Å². The van der Waals surface area contributed by atoms with Gasteiger partial charge in [-0.15, -0.1) is 0 Å². The van der Waals surface area contributed by atoms with Crippen molar-refractivity contribution >= 4 is 11.9 Å². The number of hydrogen-bond acceptors (Lipinski definition) is 5. The molecule has 6 heteroatoms. The van der Waals surface area contributed by atoms with Crippen LogP contribution in [0.5, 0.6) is 11.5 Å². The van der Waals surface area contributed by atoms with Crippen molar-refractivity contribution in [3.8, 4) is 11.5 Å². The summed E-state index contributed by atoms with van der Waals surface area (Å²) in [5.74, 6) is -1.62. The maximum absolute atomic E-state index is 12.0. The second kappa shape index (κ2) is 5.90. The average Bonchev–Trinajstić information content (AvgIpc) is 2.38. The first kappa shape index (κ1) is 13.8. The van der Waals surface area contributed by atoms with Gasteiger partial charge in [-0.3, -0.25) is 9.59 Å². The normalized spacial score (nSPS) is 9.89. The Morgan fingerprint density at radius 1 is 1.28 bits per heavy atom. The molecule has 18 heavy (non-hydrogen) atoms. The number of hydrogen-bond donors (Lipinski definition) is 2. The lowest BCUT2D eigenvalue weighted by molar-refractivity contribution is -0.141. The third-order valence-corrected chi connectivity index (χ3v) is 2.44. The van der Waals surface area contributed by atoms with Crippen molar-refractivity contribution in [2.24, 2.45) is 0 Å². The van der Waals surface area contributed by atoms with Crippen molar-refractivity contribution in [1.82, 2.24) is 4.90 Å². The molecule has 98 valence electrons. The van der Waals surface area contributed by atoms with Gasteiger partial charge in [0.1, 0.15) is 6.54 Å². The molecule has 0 spiro atoms. The summed E-state index contributed by atoms with van der Waals surface area (Å²) in [6.07, 6.45) is 0. The van der Waals surface area contributed by atoms with Crippen LogP contribution in [0.1, 0.15) is 17.3 Å². The number of aromatic hydroxyl groups is 2. The van der Waals surface area contributed by atoms with Crippen LogP contribution in [0.25, 0.3) is 0 Å². The zero-order chi connectivity index (χ0) is 13.7. The first-order valence-corrected chi connectivity index (χ1v) is 5.37. The zero-order valence-electron chi connectivity index (χ0n) is 10.2. The summed E-state index contributed by atoms with van der Waals surface area (Å²) in [4.78, 5) is 24.4. The van der Waals surface area contributed by atoms with Crippen molar-refractivity contribution in [1.29, 1.82) is 0 Å². The maximum Gasteiger partial charge on any atom is 0.325 e. The molecule has 1 aromatic rings. The summed E-state index contributed by atoms with van der Waals surface area (Å²) in [5.41, 5.74) is 0.191. The summed E-state index contributed by atoms with van der Waals surface area (Å²) in [6, 6.07) is 3.74. The molecule has 6 nitrogen and oxygen atoms in total. The number of phenols is 2. The lowest BCUT2D eigenvalue weighted by Crippen LogP contribution is -2.35. The quantitative estimate of drug-likeness (QED) is 0.610. The molecule has 1 aromatic carbocycles. The third-order valence-electron chi connectivity index (χ3n) is 2.44. The Morgan fingerprint density at radius 3 is 2.44 bits per heavy atom. The molecule has 0 fully saturated rings. The number of carbonyl (C=O) groups is 2. The predicted octanol–water partition coefficient (Wildman–Crippen LogP) is 0.733. The van der Waals surface area contributed by atoms with E-state index in [0.717, 1.165) is 6.07 Å². The Labute approximate surface area is 104 Å². The topological polar surface area (TPSA) is 87.1 Å². The van der Waals surface area contributed by atoms with Crippen LogP contribution in [0.15, 0.2) is 18.2 Å². The summed E-state index contributed by atoms with van der Waals surface area (Å²) in [5, 5.41) is 18.5. The van der Waals surface area contributed by atoms with E-state index in [0.29, 0.717) is 6.54 Å². The molecular formula is C12H15NO5. The minimum Gasteiger partial charge on any atom is -0.504 e. The van der Waals surface area contributed by atoms with Crippen molar-refractivity contribution < 1.29 is 24.5 Å².